The molecule has 0 aliphatic carbocycles. The number of carbonyl (C=O) groups is 1. The Morgan fingerprint density at radius 3 is 2.48 bits per heavy atom. The molecule has 1 saturated heterocycles. The van der Waals surface area contributed by atoms with Crippen molar-refractivity contribution >= 4 is 23.2 Å². The third-order valence-electron chi connectivity index (χ3n) is 5.05. The maximum atomic E-state index is 13.0. The molecule has 3 aromatic rings. The average Bonchev–Trinajstić information content (AvgIpc) is 3.29. The highest BCUT2D eigenvalue weighted by Crippen LogP contribution is 2.37. The van der Waals surface area contributed by atoms with Gasteiger partial charge in [0.25, 0.3) is 5.91 Å². The van der Waals surface area contributed by atoms with Gasteiger partial charge in [-0.1, -0.05) is 0 Å². The number of amides is 1. The SMILES string of the molecule is O=C(c1ccc(-c2ccc3c(c2)OCCO3)s1)N1CCN(c2ncccn2)CC1. The summed E-state index contributed by atoms with van der Waals surface area (Å²) in [5.41, 5.74) is 1.03. The fraction of sp³-hybridized carbons (Fsp3) is 0.286. The van der Waals surface area contributed by atoms with Crippen LogP contribution in [-0.4, -0.2) is 60.2 Å². The second-order valence-corrected chi connectivity index (χ2v) is 7.93. The van der Waals surface area contributed by atoms with Crippen LogP contribution in [0.25, 0.3) is 10.4 Å². The Balaban J connectivity index is 1.27. The van der Waals surface area contributed by atoms with Gasteiger partial charge in [0.15, 0.2) is 11.5 Å². The van der Waals surface area contributed by atoms with Crippen molar-refractivity contribution in [2.45, 2.75) is 0 Å². The van der Waals surface area contributed by atoms with Crippen molar-refractivity contribution in [1.82, 2.24) is 14.9 Å². The van der Waals surface area contributed by atoms with Gasteiger partial charge in [-0.25, -0.2) is 9.97 Å². The molecule has 0 bridgehead atoms. The molecular formula is C21H20N4O3S. The largest absolute Gasteiger partial charge is 0.486 e. The zero-order chi connectivity index (χ0) is 19.6. The number of fused-ring (bicyclic) bond motifs is 1. The molecule has 2 aliphatic heterocycles. The zero-order valence-corrected chi connectivity index (χ0v) is 16.6. The maximum absolute atomic E-state index is 13.0. The summed E-state index contributed by atoms with van der Waals surface area (Å²) >= 11 is 1.51. The number of piperazine rings is 1. The molecule has 0 radical (unpaired) electrons. The normalized spacial score (nSPS) is 16.0. The van der Waals surface area contributed by atoms with E-state index in [0.717, 1.165) is 45.9 Å². The Kier molecular flexibility index (Phi) is 4.77. The Morgan fingerprint density at radius 2 is 1.69 bits per heavy atom. The van der Waals surface area contributed by atoms with Gasteiger partial charge in [-0.2, -0.15) is 0 Å². The molecule has 2 aliphatic rings. The molecule has 1 aromatic carbocycles. The van der Waals surface area contributed by atoms with Gasteiger partial charge in [0.1, 0.15) is 13.2 Å². The van der Waals surface area contributed by atoms with E-state index in [0.29, 0.717) is 26.3 Å². The fourth-order valence-electron chi connectivity index (χ4n) is 3.52. The first-order valence-electron chi connectivity index (χ1n) is 9.59. The van der Waals surface area contributed by atoms with Crippen LogP contribution in [-0.2, 0) is 0 Å². The number of hydrogen-bond donors (Lipinski definition) is 0. The Bertz CT molecular complexity index is 1020. The molecule has 0 N–H and O–H groups in total. The van der Waals surface area contributed by atoms with Crippen LogP contribution < -0.4 is 14.4 Å². The van der Waals surface area contributed by atoms with Crippen LogP contribution in [0.15, 0.2) is 48.8 Å². The zero-order valence-electron chi connectivity index (χ0n) is 15.8. The van der Waals surface area contributed by atoms with Gasteiger partial charge in [-0.3, -0.25) is 4.79 Å². The van der Waals surface area contributed by atoms with Crippen molar-refractivity contribution in [3.05, 3.63) is 53.7 Å². The van der Waals surface area contributed by atoms with Crippen LogP contribution >= 0.6 is 11.3 Å². The summed E-state index contributed by atoms with van der Waals surface area (Å²) in [5.74, 6) is 2.33. The first-order valence-corrected chi connectivity index (χ1v) is 10.4. The van der Waals surface area contributed by atoms with Crippen LogP contribution in [0.1, 0.15) is 9.67 Å². The quantitative estimate of drug-likeness (QED) is 0.664. The van der Waals surface area contributed by atoms with E-state index in [1.807, 2.05) is 35.2 Å². The van der Waals surface area contributed by atoms with E-state index in [4.69, 9.17) is 9.47 Å². The predicted octanol–water partition coefficient (Wildman–Crippen LogP) is 2.94. The van der Waals surface area contributed by atoms with Crippen molar-refractivity contribution in [2.75, 3.05) is 44.3 Å². The van der Waals surface area contributed by atoms with Gasteiger partial charge >= 0.3 is 0 Å². The number of aromatic nitrogens is 2. The Hall–Kier alpha value is -3.13. The van der Waals surface area contributed by atoms with E-state index in [9.17, 15) is 4.79 Å². The molecule has 1 fully saturated rings. The van der Waals surface area contributed by atoms with Crippen molar-refractivity contribution in [2.24, 2.45) is 0 Å². The minimum atomic E-state index is 0.0763. The summed E-state index contributed by atoms with van der Waals surface area (Å²) in [7, 11) is 0. The van der Waals surface area contributed by atoms with Gasteiger partial charge in [-0.15, -0.1) is 11.3 Å². The summed E-state index contributed by atoms with van der Waals surface area (Å²) in [4.78, 5) is 27.4. The van der Waals surface area contributed by atoms with Crippen LogP contribution in [0.5, 0.6) is 11.5 Å². The van der Waals surface area contributed by atoms with Crippen LogP contribution in [0.3, 0.4) is 0 Å². The minimum absolute atomic E-state index is 0.0763. The van der Waals surface area contributed by atoms with E-state index >= 15 is 0 Å². The molecule has 1 amide bonds. The van der Waals surface area contributed by atoms with Gasteiger partial charge in [0.05, 0.1) is 4.88 Å². The van der Waals surface area contributed by atoms with Crippen molar-refractivity contribution < 1.29 is 14.3 Å². The molecule has 0 spiro atoms. The third-order valence-corrected chi connectivity index (χ3v) is 6.17. The maximum Gasteiger partial charge on any atom is 0.264 e. The number of rotatable bonds is 3. The van der Waals surface area contributed by atoms with E-state index in [1.54, 1.807) is 18.5 Å². The Morgan fingerprint density at radius 1 is 0.931 bits per heavy atom. The lowest BCUT2D eigenvalue weighted by Gasteiger charge is -2.34. The Labute approximate surface area is 172 Å². The standard InChI is InChI=1S/C21H20N4O3S/c26-20(24-8-10-25(11-9-24)21-22-6-1-7-23-21)19-5-4-18(29-19)15-2-3-16-17(14-15)28-13-12-27-16/h1-7,14H,8-13H2. The lowest BCUT2D eigenvalue weighted by Crippen LogP contribution is -2.49. The highest BCUT2D eigenvalue weighted by Gasteiger charge is 2.24. The molecular weight excluding hydrogens is 388 g/mol. The predicted molar refractivity (Wildman–Crippen MR) is 111 cm³/mol. The lowest BCUT2D eigenvalue weighted by molar-refractivity contribution is 0.0751. The van der Waals surface area contributed by atoms with E-state index in [1.165, 1.54) is 11.3 Å². The van der Waals surface area contributed by atoms with Crippen LogP contribution in [0.4, 0.5) is 5.95 Å². The minimum Gasteiger partial charge on any atom is -0.486 e. The second kappa shape index (κ2) is 7.71. The molecule has 8 heteroatoms. The van der Waals surface area contributed by atoms with E-state index in [-0.39, 0.29) is 5.91 Å². The molecule has 29 heavy (non-hydrogen) atoms. The number of hydrogen-bond acceptors (Lipinski definition) is 7. The van der Waals surface area contributed by atoms with E-state index < -0.39 is 0 Å². The summed E-state index contributed by atoms with van der Waals surface area (Å²) < 4.78 is 11.3. The summed E-state index contributed by atoms with van der Waals surface area (Å²) in [6, 6.07) is 11.6. The highest BCUT2D eigenvalue weighted by molar-refractivity contribution is 7.17. The first-order chi connectivity index (χ1) is 14.3. The van der Waals surface area contributed by atoms with Crippen molar-refractivity contribution in [1.29, 1.82) is 0 Å². The summed E-state index contributed by atoms with van der Waals surface area (Å²) in [5, 5.41) is 0. The smallest absolute Gasteiger partial charge is 0.264 e. The van der Waals surface area contributed by atoms with Crippen LogP contribution in [0.2, 0.25) is 0 Å². The summed E-state index contributed by atoms with van der Waals surface area (Å²) in [6.45, 7) is 3.92. The topological polar surface area (TPSA) is 67.8 Å². The van der Waals surface area contributed by atoms with Crippen molar-refractivity contribution in [3.8, 4) is 21.9 Å². The van der Waals surface area contributed by atoms with Gasteiger partial charge in [-0.05, 0) is 42.0 Å². The number of benzene rings is 1. The molecule has 7 nitrogen and oxygen atoms in total. The van der Waals surface area contributed by atoms with Crippen molar-refractivity contribution in [3.63, 3.8) is 0 Å². The molecule has 2 aromatic heterocycles. The number of ether oxygens (including phenoxy) is 2. The first kappa shape index (κ1) is 17.9. The number of thiophene rings is 1. The highest BCUT2D eigenvalue weighted by atomic mass is 32.1. The van der Waals surface area contributed by atoms with Gasteiger partial charge < -0.3 is 19.3 Å². The monoisotopic (exact) mass is 408 g/mol. The van der Waals surface area contributed by atoms with Crippen LogP contribution in [0, 0.1) is 0 Å². The summed E-state index contributed by atoms with van der Waals surface area (Å²) in [6.07, 6.45) is 3.48. The van der Waals surface area contributed by atoms with E-state index in [2.05, 4.69) is 14.9 Å². The second-order valence-electron chi connectivity index (χ2n) is 6.85. The average molecular weight is 408 g/mol. The molecule has 0 saturated carbocycles. The molecule has 4 heterocycles. The molecule has 0 atom stereocenters. The lowest BCUT2D eigenvalue weighted by atomic mass is 10.1. The third kappa shape index (κ3) is 3.63. The number of nitrogens with zero attached hydrogens (tertiary/aromatic N) is 4. The number of carbonyl (C=O) groups excluding carboxylic acids is 1. The molecule has 148 valence electrons. The molecule has 5 rings (SSSR count). The van der Waals surface area contributed by atoms with Gasteiger partial charge in [0.2, 0.25) is 5.95 Å². The molecule has 0 unspecified atom stereocenters. The van der Waals surface area contributed by atoms with Gasteiger partial charge in [0, 0.05) is 43.4 Å². The number of anilines is 1. The fourth-order valence-corrected chi connectivity index (χ4v) is 4.49.